The number of sulfonamides is 1. The van der Waals surface area contributed by atoms with Gasteiger partial charge in [0.05, 0.1) is 5.75 Å². The normalized spacial score (nSPS) is 15.2. The van der Waals surface area contributed by atoms with Gasteiger partial charge in [0.25, 0.3) is 0 Å². The molecule has 5 heteroatoms. The van der Waals surface area contributed by atoms with Crippen LogP contribution in [-0.4, -0.2) is 18.8 Å². The lowest BCUT2D eigenvalue weighted by Crippen LogP contribution is -2.33. The van der Waals surface area contributed by atoms with Crippen molar-refractivity contribution in [2.75, 3.05) is 0 Å². The predicted octanol–water partition coefficient (Wildman–Crippen LogP) is 3.32. The SMILES string of the molecule is O=S(=O)(Cc1ccccc1)N(Cc1ccc(F)cc1)C1CC1. The third kappa shape index (κ3) is 3.72. The molecule has 1 aliphatic rings. The van der Waals surface area contributed by atoms with E-state index in [9.17, 15) is 12.8 Å². The van der Waals surface area contributed by atoms with Gasteiger partial charge in [-0.15, -0.1) is 0 Å². The fourth-order valence-corrected chi connectivity index (χ4v) is 4.24. The van der Waals surface area contributed by atoms with E-state index in [1.54, 1.807) is 16.4 Å². The minimum atomic E-state index is -3.38. The lowest BCUT2D eigenvalue weighted by Gasteiger charge is -2.22. The van der Waals surface area contributed by atoms with Crippen LogP contribution in [0.4, 0.5) is 4.39 Å². The molecule has 1 fully saturated rings. The Morgan fingerprint density at radius 3 is 2.18 bits per heavy atom. The van der Waals surface area contributed by atoms with Crippen molar-refractivity contribution < 1.29 is 12.8 Å². The Hall–Kier alpha value is -1.72. The summed E-state index contributed by atoms with van der Waals surface area (Å²) in [4.78, 5) is 0. The third-order valence-corrected chi connectivity index (χ3v) is 5.59. The number of benzene rings is 2. The topological polar surface area (TPSA) is 37.4 Å². The second-order valence-electron chi connectivity index (χ2n) is 5.64. The maximum atomic E-state index is 13.0. The Morgan fingerprint density at radius 1 is 0.955 bits per heavy atom. The molecule has 2 aromatic rings. The summed E-state index contributed by atoms with van der Waals surface area (Å²) in [5.74, 6) is -0.306. The second kappa shape index (κ2) is 6.18. The first-order valence-corrected chi connectivity index (χ1v) is 8.93. The summed E-state index contributed by atoms with van der Waals surface area (Å²) in [5, 5.41) is 0. The van der Waals surface area contributed by atoms with Crippen LogP contribution in [0.3, 0.4) is 0 Å². The van der Waals surface area contributed by atoms with E-state index in [-0.39, 0.29) is 17.6 Å². The van der Waals surface area contributed by atoms with E-state index < -0.39 is 10.0 Å². The number of hydrogen-bond donors (Lipinski definition) is 0. The van der Waals surface area contributed by atoms with Gasteiger partial charge >= 0.3 is 0 Å². The van der Waals surface area contributed by atoms with E-state index in [1.165, 1.54) is 12.1 Å². The highest BCUT2D eigenvalue weighted by Crippen LogP contribution is 2.32. The maximum Gasteiger partial charge on any atom is 0.218 e. The summed E-state index contributed by atoms with van der Waals surface area (Å²) in [6.07, 6.45) is 1.80. The van der Waals surface area contributed by atoms with Gasteiger partial charge in [-0.25, -0.2) is 12.8 Å². The minimum absolute atomic E-state index is 0.00549. The number of nitrogens with zero attached hydrogens (tertiary/aromatic N) is 1. The van der Waals surface area contributed by atoms with E-state index in [2.05, 4.69) is 0 Å². The fourth-order valence-electron chi connectivity index (χ4n) is 2.45. The van der Waals surface area contributed by atoms with Gasteiger partial charge in [-0.3, -0.25) is 0 Å². The van der Waals surface area contributed by atoms with E-state index >= 15 is 0 Å². The van der Waals surface area contributed by atoms with Crippen LogP contribution in [0.15, 0.2) is 54.6 Å². The molecular weight excluding hydrogens is 301 g/mol. The summed E-state index contributed by atoms with van der Waals surface area (Å²) in [6, 6.07) is 15.3. The first-order chi connectivity index (χ1) is 10.5. The molecule has 0 aliphatic heterocycles. The van der Waals surface area contributed by atoms with Crippen molar-refractivity contribution in [2.45, 2.75) is 31.2 Å². The van der Waals surface area contributed by atoms with Gasteiger partial charge in [0.15, 0.2) is 0 Å². The summed E-state index contributed by atoms with van der Waals surface area (Å²) in [5.41, 5.74) is 1.59. The summed E-state index contributed by atoms with van der Waals surface area (Å²) in [6.45, 7) is 0.306. The van der Waals surface area contributed by atoms with Crippen molar-refractivity contribution in [3.8, 4) is 0 Å². The zero-order chi connectivity index (χ0) is 15.6. The van der Waals surface area contributed by atoms with Crippen molar-refractivity contribution >= 4 is 10.0 Å². The molecular formula is C17H18FNO2S. The van der Waals surface area contributed by atoms with Gasteiger partial charge in [-0.1, -0.05) is 42.5 Å². The van der Waals surface area contributed by atoms with Crippen LogP contribution in [0.25, 0.3) is 0 Å². The third-order valence-electron chi connectivity index (χ3n) is 3.76. The molecule has 0 radical (unpaired) electrons. The summed E-state index contributed by atoms with van der Waals surface area (Å²) >= 11 is 0. The van der Waals surface area contributed by atoms with E-state index in [0.29, 0.717) is 6.54 Å². The van der Waals surface area contributed by atoms with Crippen LogP contribution < -0.4 is 0 Å². The monoisotopic (exact) mass is 319 g/mol. The first-order valence-electron chi connectivity index (χ1n) is 7.32. The molecule has 0 saturated heterocycles. The van der Waals surface area contributed by atoms with Crippen LogP contribution in [-0.2, 0) is 22.3 Å². The highest BCUT2D eigenvalue weighted by atomic mass is 32.2. The molecule has 1 saturated carbocycles. The van der Waals surface area contributed by atoms with Crippen LogP contribution >= 0.6 is 0 Å². The molecule has 0 aromatic heterocycles. The molecule has 3 nitrogen and oxygen atoms in total. The fraction of sp³-hybridized carbons (Fsp3) is 0.294. The second-order valence-corrected chi connectivity index (χ2v) is 7.57. The van der Waals surface area contributed by atoms with Crippen LogP contribution in [0.5, 0.6) is 0 Å². The number of halogens is 1. The molecule has 0 bridgehead atoms. The largest absolute Gasteiger partial charge is 0.218 e. The maximum absolute atomic E-state index is 13.0. The van der Waals surface area contributed by atoms with Crippen molar-refractivity contribution in [3.63, 3.8) is 0 Å². The molecule has 0 unspecified atom stereocenters. The quantitative estimate of drug-likeness (QED) is 0.819. The first kappa shape index (κ1) is 15.2. The van der Waals surface area contributed by atoms with Crippen molar-refractivity contribution in [3.05, 3.63) is 71.5 Å². The zero-order valence-electron chi connectivity index (χ0n) is 12.2. The van der Waals surface area contributed by atoms with Gasteiger partial charge in [-0.05, 0) is 36.1 Å². The average Bonchev–Trinajstić information content (AvgIpc) is 3.31. The smallest absolute Gasteiger partial charge is 0.212 e. The molecule has 1 aliphatic carbocycles. The molecule has 2 aromatic carbocycles. The summed E-state index contributed by atoms with van der Waals surface area (Å²) < 4.78 is 40.0. The zero-order valence-corrected chi connectivity index (χ0v) is 13.0. The Bertz CT molecular complexity index is 725. The van der Waals surface area contributed by atoms with Crippen LogP contribution in [0.2, 0.25) is 0 Å². The molecule has 0 spiro atoms. The number of hydrogen-bond acceptors (Lipinski definition) is 2. The lowest BCUT2D eigenvalue weighted by atomic mass is 10.2. The molecule has 116 valence electrons. The Labute approximate surface area is 130 Å². The van der Waals surface area contributed by atoms with Crippen LogP contribution in [0.1, 0.15) is 24.0 Å². The Balaban J connectivity index is 1.79. The van der Waals surface area contributed by atoms with Gasteiger partial charge < -0.3 is 0 Å². The molecule has 0 amide bonds. The minimum Gasteiger partial charge on any atom is -0.212 e. The van der Waals surface area contributed by atoms with E-state index in [1.807, 2.05) is 30.3 Å². The predicted molar refractivity (Wildman–Crippen MR) is 84.0 cm³/mol. The standard InChI is InChI=1S/C17H18FNO2S/c18-16-8-6-14(7-9-16)12-19(17-10-11-17)22(20,21)13-15-4-2-1-3-5-15/h1-9,17H,10-13H2. The van der Waals surface area contributed by atoms with E-state index in [0.717, 1.165) is 24.0 Å². The molecule has 0 heterocycles. The van der Waals surface area contributed by atoms with Gasteiger partial charge in [0, 0.05) is 12.6 Å². The molecule has 0 atom stereocenters. The molecule has 22 heavy (non-hydrogen) atoms. The highest BCUT2D eigenvalue weighted by molar-refractivity contribution is 7.88. The van der Waals surface area contributed by atoms with Gasteiger partial charge in [0.1, 0.15) is 5.82 Å². The lowest BCUT2D eigenvalue weighted by molar-refractivity contribution is 0.398. The number of rotatable bonds is 6. The average molecular weight is 319 g/mol. The van der Waals surface area contributed by atoms with Gasteiger partial charge in [-0.2, -0.15) is 4.31 Å². The Morgan fingerprint density at radius 2 is 1.59 bits per heavy atom. The van der Waals surface area contributed by atoms with Crippen molar-refractivity contribution in [1.29, 1.82) is 0 Å². The summed E-state index contributed by atoms with van der Waals surface area (Å²) in [7, 11) is -3.38. The highest BCUT2D eigenvalue weighted by Gasteiger charge is 2.37. The van der Waals surface area contributed by atoms with Gasteiger partial charge in [0.2, 0.25) is 10.0 Å². The molecule has 0 N–H and O–H groups in total. The van der Waals surface area contributed by atoms with E-state index in [4.69, 9.17) is 0 Å². The van der Waals surface area contributed by atoms with Crippen molar-refractivity contribution in [2.24, 2.45) is 0 Å². The van der Waals surface area contributed by atoms with Crippen LogP contribution in [0, 0.1) is 5.82 Å². The van der Waals surface area contributed by atoms with Crippen molar-refractivity contribution in [1.82, 2.24) is 4.31 Å². The Kier molecular flexibility index (Phi) is 4.27. The molecule has 3 rings (SSSR count).